The van der Waals surface area contributed by atoms with E-state index in [1.165, 1.54) is 33.3 Å². The monoisotopic (exact) mass is 1030 g/mol. The quantitative estimate of drug-likeness (QED) is 0.127. The van der Waals surface area contributed by atoms with Crippen molar-refractivity contribution in [3.05, 3.63) is 266 Å². The van der Waals surface area contributed by atoms with Crippen molar-refractivity contribution in [2.75, 3.05) is 9.80 Å². The number of fused-ring (bicyclic) bond motifs is 8. The van der Waals surface area contributed by atoms with Gasteiger partial charge >= 0.3 is 0 Å². The Morgan fingerprint density at radius 3 is 0.987 bits per heavy atom. The van der Waals surface area contributed by atoms with Gasteiger partial charge in [-0.25, -0.2) is 9.97 Å². The Balaban J connectivity index is 1.02. The summed E-state index contributed by atoms with van der Waals surface area (Å²) in [7, 11) is 0. The largest absolute Gasteiger partial charge is 0.309 e. The predicted molar refractivity (Wildman–Crippen MR) is 329 cm³/mol. The van der Waals surface area contributed by atoms with Gasteiger partial charge in [-0.2, -0.15) is 8.75 Å². The zero-order chi connectivity index (χ0) is 52.6. The van der Waals surface area contributed by atoms with Crippen LogP contribution in [0.3, 0.4) is 0 Å². The molecule has 0 aliphatic rings. The molecule has 0 radical (unpaired) electrons. The van der Waals surface area contributed by atoms with E-state index in [1.807, 2.05) is 12.1 Å². The highest BCUT2D eigenvalue weighted by molar-refractivity contribution is 7.00. The Morgan fingerprint density at radius 1 is 0.329 bits per heavy atom. The maximum Gasteiger partial charge on any atom is 0.133 e. The average Bonchev–Trinajstić information content (AvgIpc) is 4.33. The molecule has 0 fully saturated rings. The van der Waals surface area contributed by atoms with Gasteiger partial charge in [0, 0.05) is 66.8 Å². The summed E-state index contributed by atoms with van der Waals surface area (Å²) in [5, 5.41) is 4.88. The normalized spacial score (nSPS) is 11.7. The average molecular weight is 1030 g/mol. The zero-order valence-corrected chi connectivity index (χ0v) is 44.1. The number of para-hydroxylation sites is 6. The van der Waals surface area contributed by atoms with Crippen molar-refractivity contribution in [1.82, 2.24) is 27.8 Å². The van der Waals surface area contributed by atoms with Gasteiger partial charge in [0.05, 0.1) is 45.2 Å². The first-order valence-corrected chi connectivity index (χ1v) is 27.3. The Labute approximate surface area is 460 Å². The maximum absolute atomic E-state index is 5.94. The minimum atomic E-state index is 0.684. The first-order chi connectivity index (χ1) is 39.1. The highest BCUT2D eigenvalue weighted by Gasteiger charge is 2.32. The second-order valence-corrected chi connectivity index (χ2v) is 20.6. The van der Waals surface area contributed by atoms with E-state index < -0.39 is 0 Å². The second kappa shape index (κ2) is 18.8. The standard InChI is InChI=1S/C70H48N8S/c1-45-43-51(75-59-35-19-15-31-53(59)54-32-16-20-36-60(54)75)39-41-57(45)77(49-27-11-5-12-28-49)69-65-66(72-64(48-25-9-4-10-26-48)63(71-65)47-23-7-3-8-24-47)70(68-67(69)73-79-74-68)78(50-29-13-6-14-30-50)58-42-40-52(44-46(58)2)76-61-37-21-17-33-55(61)56-34-18-22-38-62(56)76/h3-44H,1-2H3. The molecule has 8 nitrogen and oxygen atoms in total. The smallest absolute Gasteiger partial charge is 0.133 e. The number of hydrogen-bond donors (Lipinski definition) is 0. The van der Waals surface area contributed by atoms with Gasteiger partial charge in [0.1, 0.15) is 33.4 Å². The van der Waals surface area contributed by atoms with E-state index in [4.69, 9.17) is 18.7 Å². The Morgan fingerprint density at radius 2 is 0.646 bits per heavy atom. The highest BCUT2D eigenvalue weighted by Crippen LogP contribution is 2.52. The van der Waals surface area contributed by atoms with Crippen molar-refractivity contribution in [1.29, 1.82) is 0 Å². The van der Waals surface area contributed by atoms with Crippen LogP contribution in [0.1, 0.15) is 11.1 Å². The fourth-order valence-corrected chi connectivity index (χ4v) is 12.4. The number of benzene rings is 11. The number of rotatable bonds is 10. The zero-order valence-electron chi connectivity index (χ0n) is 43.2. The summed E-state index contributed by atoms with van der Waals surface area (Å²) in [4.78, 5) is 16.5. The molecular formula is C70H48N8S. The molecule has 15 aromatic rings. The molecule has 79 heavy (non-hydrogen) atoms. The molecule has 374 valence electrons. The van der Waals surface area contributed by atoms with Crippen LogP contribution in [0, 0.1) is 13.8 Å². The van der Waals surface area contributed by atoms with Crippen molar-refractivity contribution < 1.29 is 0 Å². The van der Waals surface area contributed by atoms with E-state index in [1.54, 1.807) is 0 Å². The summed E-state index contributed by atoms with van der Waals surface area (Å²) in [5.74, 6) is 0. The van der Waals surface area contributed by atoms with Crippen LogP contribution in [0.4, 0.5) is 34.1 Å². The number of aryl methyl sites for hydroxylation is 2. The molecule has 11 aromatic carbocycles. The third-order valence-corrected chi connectivity index (χ3v) is 15.9. The van der Waals surface area contributed by atoms with Gasteiger partial charge < -0.3 is 18.9 Å². The van der Waals surface area contributed by atoms with Gasteiger partial charge in [0.25, 0.3) is 0 Å². The third-order valence-electron chi connectivity index (χ3n) is 15.4. The Kier molecular flexibility index (Phi) is 11.0. The lowest BCUT2D eigenvalue weighted by Crippen LogP contribution is -2.17. The topological polar surface area (TPSA) is 67.9 Å². The minimum Gasteiger partial charge on any atom is -0.309 e. The molecular weight excluding hydrogens is 985 g/mol. The molecule has 0 saturated heterocycles. The second-order valence-electron chi connectivity index (χ2n) is 20.0. The van der Waals surface area contributed by atoms with E-state index in [9.17, 15) is 0 Å². The first kappa shape index (κ1) is 46.1. The molecule has 15 rings (SSSR count). The van der Waals surface area contributed by atoms with Crippen LogP contribution >= 0.6 is 11.7 Å². The van der Waals surface area contributed by atoms with E-state index in [-0.39, 0.29) is 0 Å². The molecule has 0 atom stereocenters. The molecule has 0 aliphatic carbocycles. The van der Waals surface area contributed by atoms with E-state index in [0.717, 1.165) is 101 Å². The molecule has 9 heteroatoms. The molecule has 0 amide bonds. The van der Waals surface area contributed by atoms with Crippen LogP contribution in [0.2, 0.25) is 0 Å². The summed E-state index contributed by atoms with van der Waals surface area (Å²) in [6.07, 6.45) is 0. The molecule has 0 spiro atoms. The van der Waals surface area contributed by atoms with Crippen molar-refractivity contribution in [2.45, 2.75) is 13.8 Å². The molecule has 0 saturated carbocycles. The number of aromatic nitrogens is 6. The molecule has 0 aliphatic heterocycles. The Bertz CT molecular complexity index is 4410. The fraction of sp³-hybridized carbons (Fsp3) is 0.0286. The number of hydrogen-bond acceptors (Lipinski definition) is 7. The van der Waals surface area contributed by atoms with Gasteiger partial charge in [0.15, 0.2) is 0 Å². The molecule has 4 heterocycles. The first-order valence-electron chi connectivity index (χ1n) is 26.6. The van der Waals surface area contributed by atoms with Crippen LogP contribution < -0.4 is 9.80 Å². The summed E-state index contributed by atoms with van der Waals surface area (Å²) in [6, 6.07) is 90.2. The minimum absolute atomic E-state index is 0.684. The lowest BCUT2D eigenvalue weighted by Gasteiger charge is -2.32. The van der Waals surface area contributed by atoms with Gasteiger partial charge in [-0.3, -0.25) is 0 Å². The van der Waals surface area contributed by atoms with Crippen molar-refractivity contribution in [2.24, 2.45) is 0 Å². The molecule has 0 N–H and O–H groups in total. The van der Waals surface area contributed by atoms with Crippen molar-refractivity contribution in [3.8, 4) is 33.9 Å². The van der Waals surface area contributed by atoms with E-state index in [0.29, 0.717) is 22.1 Å². The maximum atomic E-state index is 5.94. The summed E-state index contributed by atoms with van der Waals surface area (Å²) >= 11 is 1.21. The van der Waals surface area contributed by atoms with Crippen molar-refractivity contribution >= 4 is 112 Å². The van der Waals surface area contributed by atoms with E-state index in [2.05, 4.69) is 275 Å². The fourth-order valence-electron chi connectivity index (χ4n) is 11.9. The molecule has 0 unspecified atom stereocenters. The number of anilines is 6. The van der Waals surface area contributed by atoms with Crippen molar-refractivity contribution in [3.63, 3.8) is 0 Å². The lowest BCUT2D eigenvalue weighted by molar-refractivity contribution is 1.16. The Hall–Kier alpha value is -10.2. The highest BCUT2D eigenvalue weighted by atomic mass is 32.1. The lowest BCUT2D eigenvalue weighted by atomic mass is 10.0. The summed E-state index contributed by atoms with van der Waals surface area (Å²) in [6.45, 7) is 4.40. The van der Waals surface area contributed by atoms with Gasteiger partial charge in [-0.1, -0.05) is 170 Å². The molecule has 0 bridgehead atoms. The van der Waals surface area contributed by atoms with Gasteiger partial charge in [0.2, 0.25) is 0 Å². The summed E-state index contributed by atoms with van der Waals surface area (Å²) < 4.78 is 15.4. The van der Waals surface area contributed by atoms with Crippen LogP contribution in [-0.4, -0.2) is 27.8 Å². The van der Waals surface area contributed by atoms with Crippen LogP contribution in [0.15, 0.2) is 255 Å². The van der Waals surface area contributed by atoms with E-state index >= 15 is 0 Å². The van der Waals surface area contributed by atoms with Gasteiger partial charge in [-0.05, 0) is 110 Å². The predicted octanol–water partition coefficient (Wildman–Crippen LogP) is 18.7. The van der Waals surface area contributed by atoms with Gasteiger partial charge in [-0.15, -0.1) is 0 Å². The van der Waals surface area contributed by atoms with Crippen LogP contribution in [0.5, 0.6) is 0 Å². The van der Waals surface area contributed by atoms with Crippen LogP contribution in [-0.2, 0) is 0 Å². The summed E-state index contributed by atoms with van der Waals surface area (Å²) in [5.41, 5.74) is 20.6. The number of nitrogens with zero attached hydrogens (tertiary/aromatic N) is 8. The third kappa shape index (κ3) is 7.50. The SMILES string of the molecule is Cc1cc(-n2c3ccccc3c3ccccc32)ccc1N(c1ccccc1)c1c2nsnc2c(N(c2ccccc2)c2ccc(-n3c4ccccc4c4ccccc43)cc2C)c2nc(-c3ccccc3)c(-c3ccccc3)nc12. The van der Waals surface area contributed by atoms with Crippen LogP contribution in [0.25, 0.3) is 99.6 Å². The molecule has 4 aromatic heterocycles.